The van der Waals surface area contributed by atoms with Gasteiger partial charge in [0, 0.05) is 43.6 Å². The van der Waals surface area contributed by atoms with Crippen LogP contribution in [-0.4, -0.2) is 54.9 Å². The number of rotatable bonds is 6. The maximum Gasteiger partial charge on any atom is 0.573 e. The zero-order valence-corrected chi connectivity index (χ0v) is 17.8. The van der Waals surface area contributed by atoms with Crippen molar-refractivity contribution in [2.75, 3.05) is 42.9 Å². The average molecular weight is 456 g/mol. The Morgan fingerprint density at radius 3 is 2.30 bits per heavy atom. The predicted molar refractivity (Wildman–Crippen MR) is 120 cm³/mol. The minimum atomic E-state index is -4.77. The van der Waals surface area contributed by atoms with Crippen molar-refractivity contribution < 1.29 is 22.7 Å². The molecule has 33 heavy (non-hydrogen) atoms. The van der Waals surface area contributed by atoms with Gasteiger partial charge in [-0.2, -0.15) is 0 Å². The van der Waals surface area contributed by atoms with E-state index in [-0.39, 0.29) is 18.2 Å². The normalized spacial score (nSPS) is 14.7. The first-order chi connectivity index (χ1) is 15.9. The molecular weight excluding hydrogens is 433 g/mol. The van der Waals surface area contributed by atoms with Gasteiger partial charge in [0.05, 0.1) is 6.54 Å². The van der Waals surface area contributed by atoms with Gasteiger partial charge in [-0.3, -0.25) is 9.69 Å². The molecule has 2 heterocycles. The zero-order valence-electron chi connectivity index (χ0n) is 17.8. The van der Waals surface area contributed by atoms with Crippen molar-refractivity contribution in [3.8, 4) is 16.9 Å². The van der Waals surface area contributed by atoms with E-state index >= 15 is 0 Å². The van der Waals surface area contributed by atoms with E-state index in [1.807, 2.05) is 18.2 Å². The number of nitrogens with zero attached hydrogens (tertiary/aromatic N) is 3. The van der Waals surface area contributed by atoms with Crippen LogP contribution in [0, 0.1) is 0 Å². The van der Waals surface area contributed by atoms with Crippen LogP contribution in [0.25, 0.3) is 11.1 Å². The van der Waals surface area contributed by atoms with Crippen molar-refractivity contribution in [2.24, 2.45) is 0 Å². The summed E-state index contributed by atoms with van der Waals surface area (Å²) >= 11 is 0. The third kappa shape index (κ3) is 6.23. The third-order valence-corrected chi connectivity index (χ3v) is 5.31. The summed E-state index contributed by atoms with van der Waals surface area (Å²) in [6, 6.07) is 18.4. The van der Waals surface area contributed by atoms with Crippen LogP contribution >= 0.6 is 0 Å². The summed E-state index contributed by atoms with van der Waals surface area (Å²) in [6.07, 6.45) is -3.00. The molecular formula is C24H23F3N4O2. The highest BCUT2D eigenvalue weighted by Crippen LogP contribution is 2.34. The average Bonchev–Trinajstić information content (AvgIpc) is 2.80. The Kier molecular flexibility index (Phi) is 6.79. The monoisotopic (exact) mass is 456 g/mol. The summed E-state index contributed by atoms with van der Waals surface area (Å²) in [7, 11) is 0. The van der Waals surface area contributed by atoms with Gasteiger partial charge >= 0.3 is 6.36 Å². The smallest absolute Gasteiger partial charge is 0.405 e. The fraction of sp³-hybridized carbons (Fsp3) is 0.250. The van der Waals surface area contributed by atoms with E-state index in [2.05, 4.69) is 24.8 Å². The lowest BCUT2D eigenvalue weighted by atomic mass is 10.0. The number of para-hydroxylation sites is 1. The molecule has 1 aliphatic rings. The number of hydrogen-bond acceptors (Lipinski definition) is 5. The van der Waals surface area contributed by atoms with Gasteiger partial charge in [0.1, 0.15) is 11.6 Å². The number of piperazine rings is 1. The SMILES string of the molecule is O=C(CN1CCN(c2ccccn2)CC1)Nc1ccc(-c2ccccc2OC(F)(F)F)cc1. The Bertz CT molecular complexity index is 1070. The first-order valence-electron chi connectivity index (χ1n) is 10.5. The van der Waals surface area contributed by atoms with E-state index < -0.39 is 6.36 Å². The number of halogens is 3. The number of alkyl halides is 3. The molecule has 0 radical (unpaired) electrons. The molecule has 1 aromatic heterocycles. The van der Waals surface area contributed by atoms with Crippen molar-refractivity contribution in [1.29, 1.82) is 0 Å². The van der Waals surface area contributed by atoms with Crippen LogP contribution in [0.2, 0.25) is 0 Å². The van der Waals surface area contributed by atoms with Gasteiger partial charge in [-0.15, -0.1) is 13.2 Å². The quantitative estimate of drug-likeness (QED) is 0.596. The molecule has 0 bridgehead atoms. The largest absolute Gasteiger partial charge is 0.573 e. The molecule has 6 nitrogen and oxygen atoms in total. The number of benzene rings is 2. The van der Waals surface area contributed by atoms with Crippen molar-refractivity contribution in [1.82, 2.24) is 9.88 Å². The lowest BCUT2D eigenvalue weighted by Crippen LogP contribution is -2.48. The van der Waals surface area contributed by atoms with E-state index in [1.165, 1.54) is 12.1 Å². The number of carbonyl (C=O) groups is 1. The molecule has 3 aromatic rings. The third-order valence-electron chi connectivity index (χ3n) is 5.31. The number of carbonyl (C=O) groups excluding carboxylic acids is 1. The highest BCUT2D eigenvalue weighted by Gasteiger charge is 2.32. The molecule has 9 heteroatoms. The molecule has 1 fully saturated rings. The van der Waals surface area contributed by atoms with Crippen molar-refractivity contribution in [3.63, 3.8) is 0 Å². The number of ether oxygens (including phenoxy) is 1. The fourth-order valence-electron chi connectivity index (χ4n) is 3.73. The molecule has 1 amide bonds. The van der Waals surface area contributed by atoms with Crippen LogP contribution in [0.5, 0.6) is 5.75 Å². The predicted octanol–water partition coefficient (Wildman–Crippen LogP) is 4.41. The summed E-state index contributed by atoms with van der Waals surface area (Å²) in [5, 5.41) is 2.85. The second kappa shape index (κ2) is 9.91. The fourth-order valence-corrected chi connectivity index (χ4v) is 3.73. The number of amides is 1. The van der Waals surface area contributed by atoms with Crippen LogP contribution < -0.4 is 15.0 Å². The van der Waals surface area contributed by atoms with Gasteiger partial charge in [0.25, 0.3) is 0 Å². The highest BCUT2D eigenvalue weighted by atomic mass is 19.4. The number of aromatic nitrogens is 1. The second-order valence-corrected chi connectivity index (χ2v) is 7.62. The van der Waals surface area contributed by atoms with Crippen molar-refractivity contribution >= 4 is 17.4 Å². The summed E-state index contributed by atoms with van der Waals surface area (Å²) in [6.45, 7) is 3.34. The van der Waals surface area contributed by atoms with E-state index in [0.717, 1.165) is 32.0 Å². The number of hydrogen-bond donors (Lipinski definition) is 1. The minimum Gasteiger partial charge on any atom is -0.405 e. The summed E-state index contributed by atoms with van der Waals surface area (Å²) in [4.78, 5) is 21.1. The standard InChI is InChI=1S/C24H23F3N4O2/c25-24(26,27)33-21-6-2-1-5-20(21)18-8-10-19(11-9-18)29-23(32)17-30-13-15-31(16-14-30)22-7-3-4-12-28-22/h1-12H,13-17H2,(H,29,32). The maximum atomic E-state index is 12.7. The highest BCUT2D eigenvalue weighted by molar-refractivity contribution is 5.92. The van der Waals surface area contributed by atoms with E-state index in [9.17, 15) is 18.0 Å². The van der Waals surface area contributed by atoms with Gasteiger partial charge in [-0.1, -0.05) is 36.4 Å². The first-order valence-corrected chi connectivity index (χ1v) is 10.5. The Morgan fingerprint density at radius 1 is 0.939 bits per heavy atom. The zero-order chi connectivity index (χ0) is 23.3. The Labute approximate surface area is 189 Å². The number of pyridine rings is 1. The molecule has 1 saturated heterocycles. The molecule has 0 saturated carbocycles. The van der Waals surface area contributed by atoms with Crippen LogP contribution in [0.4, 0.5) is 24.7 Å². The van der Waals surface area contributed by atoms with Gasteiger partial charge in [0.2, 0.25) is 5.91 Å². The minimum absolute atomic E-state index is 0.144. The number of anilines is 2. The van der Waals surface area contributed by atoms with Gasteiger partial charge < -0.3 is 15.0 Å². The molecule has 1 N–H and O–H groups in total. The van der Waals surface area contributed by atoms with Crippen molar-refractivity contribution in [2.45, 2.75) is 6.36 Å². The van der Waals surface area contributed by atoms with E-state index in [0.29, 0.717) is 16.8 Å². The summed E-state index contributed by atoms with van der Waals surface area (Å²) in [5.41, 5.74) is 1.45. The Hall–Kier alpha value is -3.59. The first kappa shape index (κ1) is 22.6. The van der Waals surface area contributed by atoms with Gasteiger partial charge in [-0.05, 0) is 35.9 Å². The van der Waals surface area contributed by atoms with E-state index in [4.69, 9.17) is 0 Å². The molecule has 0 atom stereocenters. The lowest BCUT2D eigenvalue weighted by molar-refractivity contribution is -0.274. The maximum absolute atomic E-state index is 12.7. The molecule has 0 spiro atoms. The van der Waals surface area contributed by atoms with Crippen LogP contribution in [0.3, 0.4) is 0 Å². The Balaban J connectivity index is 1.31. The molecule has 0 unspecified atom stereocenters. The molecule has 172 valence electrons. The van der Waals surface area contributed by atoms with Crippen LogP contribution in [-0.2, 0) is 4.79 Å². The van der Waals surface area contributed by atoms with Gasteiger partial charge in [0.15, 0.2) is 0 Å². The molecule has 4 rings (SSSR count). The molecule has 1 aliphatic heterocycles. The lowest BCUT2D eigenvalue weighted by Gasteiger charge is -2.34. The second-order valence-electron chi connectivity index (χ2n) is 7.62. The van der Waals surface area contributed by atoms with Gasteiger partial charge in [-0.25, -0.2) is 4.98 Å². The van der Waals surface area contributed by atoms with Crippen LogP contribution in [0.15, 0.2) is 72.9 Å². The van der Waals surface area contributed by atoms with Crippen molar-refractivity contribution in [3.05, 3.63) is 72.9 Å². The number of nitrogens with one attached hydrogen (secondary N) is 1. The van der Waals surface area contributed by atoms with Crippen LogP contribution in [0.1, 0.15) is 0 Å². The Morgan fingerprint density at radius 2 is 1.64 bits per heavy atom. The van der Waals surface area contributed by atoms with E-state index in [1.54, 1.807) is 42.6 Å². The molecule has 2 aromatic carbocycles. The summed E-state index contributed by atoms with van der Waals surface area (Å²) in [5.74, 6) is 0.519. The topological polar surface area (TPSA) is 57.7 Å². The summed E-state index contributed by atoms with van der Waals surface area (Å²) < 4.78 is 42.1. The molecule has 0 aliphatic carbocycles.